The Hall–Kier alpha value is -2.50. The molecule has 3 aliphatic rings. The highest BCUT2D eigenvalue weighted by Gasteiger charge is 2.40. The minimum Gasteiger partial charge on any atom is -0.488 e. The Labute approximate surface area is 185 Å². The highest BCUT2D eigenvalue weighted by atomic mass is 16.5. The number of nitrogens with two attached hydrogens (primary N) is 1. The predicted octanol–water partition coefficient (Wildman–Crippen LogP) is 4.03. The van der Waals surface area contributed by atoms with E-state index in [1.54, 1.807) is 0 Å². The predicted molar refractivity (Wildman–Crippen MR) is 126 cm³/mol. The van der Waals surface area contributed by atoms with Gasteiger partial charge in [0.05, 0.1) is 5.69 Å². The maximum absolute atomic E-state index is 11.3. The molecule has 1 saturated heterocycles. The van der Waals surface area contributed by atoms with Gasteiger partial charge in [0.15, 0.2) is 6.23 Å². The van der Waals surface area contributed by atoms with Crippen molar-refractivity contribution in [3.63, 3.8) is 0 Å². The van der Waals surface area contributed by atoms with Crippen molar-refractivity contribution in [3.05, 3.63) is 64.9 Å². The SMILES string of the molecule is Cc1c(N2CC[C@@H]([C@H](C)N)C2)ccc2c1N(C1CC1)C(O)C(OCc1ccccc1)=C2. The molecule has 164 valence electrons. The van der Waals surface area contributed by atoms with Crippen LogP contribution in [0, 0.1) is 12.8 Å². The second kappa shape index (κ2) is 8.21. The summed E-state index contributed by atoms with van der Waals surface area (Å²) in [6.07, 6.45) is 4.65. The van der Waals surface area contributed by atoms with Crippen LogP contribution in [0.25, 0.3) is 6.08 Å². The van der Waals surface area contributed by atoms with E-state index in [9.17, 15) is 5.11 Å². The smallest absolute Gasteiger partial charge is 0.186 e. The first kappa shape index (κ1) is 20.4. The van der Waals surface area contributed by atoms with E-state index in [2.05, 4.69) is 35.8 Å². The molecule has 31 heavy (non-hydrogen) atoms. The second-order valence-electron chi connectivity index (χ2n) is 9.33. The number of rotatable bonds is 6. The van der Waals surface area contributed by atoms with Gasteiger partial charge in [-0.25, -0.2) is 0 Å². The van der Waals surface area contributed by atoms with Crippen LogP contribution in [0.2, 0.25) is 0 Å². The molecule has 1 saturated carbocycles. The highest BCUT2D eigenvalue weighted by Crippen LogP contribution is 2.45. The van der Waals surface area contributed by atoms with Crippen LogP contribution in [0.3, 0.4) is 0 Å². The molecule has 2 aliphatic heterocycles. The van der Waals surface area contributed by atoms with Crippen molar-refractivity contribution < 1.29 is 9.84 Å². The quantitative estimate of drug-likeness (QED) is 0.740. The number of anilines is 2. The van der Waals surface area contributed by atoms with Crippen LogP contribution in [0.15, 0.2) is 48.2 Å². The zero-order valence-electron chi connectivity index (χ0n) is 18.5. The number of aliphatic hydroxyl groups excluding tert-OH is 1. The van der Waals surface area contributed by atoms with Crippen molar-refractivity contribution in [3.8, 4) is 0 Å². The lowest BCUT2D eigenvalue weighted by molar-refractivity contribution is 0.0918. The molecular weight excluding hydrogens is 386 g/mol. The summed E-state index contributed by atoms with van der Waals surface area (Å²) < 4.78 is 6.10. The fourth-order valence-electron chi connectivity index (χ4n) is 5.03. The Morgan fingerprint density at radius 2 is 1.90 bits per heavy atom. The fourth-order valence-corrected chi connectivity index (χ4v) is 5.03. The van der Waals surface area contributed by atoms with Crippen molar-refractivity contribution in [1.29, 1.82) is 0 Å². The number of benzene rings is 2. The van der Waals surface area contributed by atoms with Gasteiger partial charge in [-0.1, -0.05) is 36.4 Å². The molecule has 5 nitrogen and oxygen atoms in total. The number of aliphatic hydroxyl groups is 1. The van der Waals surface area contributed by atoms with Gasteiger partial charge in [-0.3, -0.25) is 0 Å². The van der Waals surface area contributed by atoms with Gasteiger partial charge in [0.2, 0.25) is 0 Å². The van der Waals surface area contributed by atoms with E-state index in [-0.39, 0.29) is 6.04 Å². The van der Waals surface area contributed by atoms with Crippen LogP contribution in [0.1, 0.15) is 42.9 Å². The molecule has 0 spiro atoms. The zero-order chi connectivity index (χ0) is 21.5. The van der Waals surface area contributed by atoms with Crippen LogP contribution in [-0.4, -0.2) is 36.5 Å². The fraction of sp³-hybridized carbons (Fsp3) is 0.462. The summed E-state index contributed by atoms with van der Waals surface area (Å²) in [5, 5.41) is 11.3. The summed E-state index contributed by atoms with van der Waals surface area (Å²) in [6, 6.07) is 15.1. The monoisotopic (exact) mass is 419 g/mol. The third-order valence-corrected chi connectivity index (χ3v) is 7.01. The maximum Gasteiger partial charge on any atom is 0.186 e. The average Bonchev–Trinajstić information content (AvgIpc) is 3.48. The van der Waals surface area contributed by atoms with Gasteiger partial charge in [-0.2, -0.15) is 0 Å². The standard InChI is InChI=1S/C26H33N3O2/c1-17-23(28-13-12-21(15-28)18(2)27)11-8-20-14-24(31-16-19-6-4-3-5-7-19)26(30)29(25(17)20)22-9-10-22/h3-8,11,14,18,21-22,26,30H,9-10,12-13,15-16,27H2,1-2H3/t18-,21+,26?/m0/s1. The summed E-state index contributed by atoms with van der Waals surface area (Å²) in [5.41, 5.74) is 12.1. The number of hydrogen-bond acceptors (Lipinski definition) is 5. The van der Waals surface area contributed by atoms with E-state index >= 15 is 0 Å². The molecule has 3 atom stereocenters. The van der Waals surface area contributed by atoms with E-state index in [4.69, 9.17) is 10.5 Å². The molecule has 0 radical (unpaired) electrons. The summed E-state index contributed by atoms with van der Waals surface area (Å²) in [4.78, 5) is 4.65. The molecule has 1 aliphatic carbocycles. The molecule has 5 rings (SSSR count). The number of ether oxygens (including phenoxy) is 1. The van der Waals surface area contributed by atoms with Gasteiger partial charge < -0.3 is 25.4 Å². The van der Waals surface area contributed by atoms with Gasteiger partial charge >= 0.3 is 0 Å². The lowest BCUT2D eigenvalue weighted by Gasteiger charge is -2.38. The largest absolute Gasteiger partial charge is 0.488 e. The van der Waals surface area contributed by atoms with Crippen LogP contribution < -0.4 is 15.5 Å². The summed E-state index contributed by atoms with van der Waals surface area (Å²) in [6.45, 7) is 6.81. The molecule has 1 unspecified atom stereocenters. The van der Waals surface area contributed by atoms with Gasteiger partial charge in [0.1, 0.15) is 12.4 Å². The molecule has 3 N–H and O–H groups in total. The molecule has 0 bridgehead atoms. The molecular formula is C26H33N3O2. The Bertz CT molecular complexity index is 968. The summed E-state index contributed by atoms with van der Waals surface area (Å²) >= 11 is 0. The lowest BCUT2D eigenvalue weighted by Crippen LogP contribution is -2.42. The Morgan fingerprint density at radius 1 is 1.13 bits per heavy atom. The minimum absolute atomic E-state index is 0.222. The topological polar surface area (TPSA) is 62.0 Å². The lowest BCUT2D eigenvalue weighted by atomic mass is 9.98. The van der Waals surface area contributed by atoms with E-state index in [0.29, 0.717) is 24.3 Å². The first-order chi connectivity index (χ1) is 15.0. The minimum atomic E-state index is -0.743. The van der Waals surface area contributed by atoms with Crippen molar-refractivity contribution in [2.75, 3.05) is 22.9 Å². The van der Waals surface area contributed by atoms with Crippen molar-refractivity contribution in [2.24, 2.45) is 11.7 Å². The van der Waals surface area contributed by atoms with Gasteiger partial charge in [-0.05, 0) is 62.3 Å². The number of fused-ring (bicyclic) bond motifs is 1. The molecule has 2 heterocycles. The molecule has 2 fully saturated rings. The van der Waals surface area contributed by atoms with Crippen LogP contribution in [0.5, 0.6) is 0 Å². The van der Waals surface area contributed by atoms with E-state index in [1.165, 1.54) is 11.3 Å². The molecule has 2 aromatic rings. The van der Waals surface area contributed by atoms with Gasteiger partial charge in [0.25, 0.3) is 0 Å². The Morgan fingerprint density at radius 3 is 2.58 bits per heavy atom. The highest BCUT2D eigenvalue weighted by molar-refractivity contribution is 5.81. The molecule has 5 heteroatoms. The average molecular weight is 420 g/mol. The molecule has 0 aromatic heterocycles. The second-order valence-corrected chi connectivity index (χ2v) is 9.33. The van der Waals surface area contributed by atoms with Crippen LogP contribution in [-0.2, 0) is 11.3 Å². The first-order valence-corrected chi connectivity index (χ1v) is 11.5. The third kappa shape index (κ3) is 3.92. The van der Waals surface area contributed by atoms with Crippen molar-refractivity contribution in [1.82, 2.24) is 0 Å². The van der Waals surface area contributed by atoms with Crippen molar-refractivity contribution in [2.45, 2.75) is 58.0 Å². The Balaban J connectivity index is 1.45. The Kier molecular flexibility index (Phi) is 5.40. The molecule has 2 aromatic carbocycles. The number of hydrogen-bond donors (Lipinski definition) is 2. The van der Waals surface area contributed by atoms with E-state index in [1.807, 2.05) is 36.4 Å². The van der Waals surface area contributed by atoms with E-state index in [0.717, 1.165) is 49.2 Å². The van der Waals surface area contributed by atoms with Crippen LogP contribution in [0.4, 0.5) is 11.4 Å². The zero-order valence-corrected chi connectivity index (χ0v) is 18.5. The summed E-state index contributed by atoms with van der Waals surface area (Å²) in [5.74, 6) is 1.17. The van der Waals surface area contributed by atoms with Crippen molar-refractivity contribution >= 4 is 17.5 Å². The maximum atomic E-state index is 11.3. The molecule has 0 amide bonds. The van der Waals surface area contributed by atoms with Crippen LogP contribution >= 0.6 is 0 Å². The third-order valence-electron chi connectivity index (χ3n) is 7.01. The normalized spacial score (nSPS) is 24.1. The summed E-state index contributed by atoms with van der Waals surface area (Å²) in [7, 11) is 0. The van der Waals surface area contributed by atoms with Gasteiger partial charge in [-0.15, -0.1) is 0 Å². The number of nitrogens with zero attached hydrogens (tertiary/aromatic N) is 2. The first-order valence-electron chi connectivity index (χ1n) is 11.5. The van der Waals surface area contributed by atoms with Gasteiger partial charge in [0, 0.05) is 36.4 Å². The van der Waals surface area contributed by atoms with E-state index < -0.39 is 6.23 Å².